The van der Waals surface area contributed by atoms with Gasteiger partial charge in [-0.25, -0.2) is 4.68 Å². The lowest BCUT2D eigenvalue weighted by Crippen LogP contribution is -2.45. The van der Waals surface area contributed by atoms with Gasteiger partial charge in [0.25, 0.3) is 0 Å². The van der Waals surface area contributed by atoms with E-state index in [4.69, 9.17) is 0 Å². The van der Waals surface area contributed by atoms with Crippen LogP contribution in [0.5, 0.6) is 0 Å². The molecule has 138 valence electrons. The van der Waals surface area contributed by atoms with Gasteiger partial charge in [-0.1, -0.05) is 6.42 Å². The highest BCUT2D eigenvalue weighted by Crippen LogP contribution is 2.38. The van der Waals surface area contributed by atoms with Crippen molar-refractivity contribution in [2.24, 2.45) is 11.8 Å². The number of likely N-dealkylation sites (tertiary alicyclic amines) is 1. The molecule has 1 aliphatic carbocycles. The van der Waals surface area contributed by atoms with Crippen molar-refractivity contribution in [3.63, 3.8) is 0 Å². The summed E-state index contributed by atoms with van der Waals surface area (Å²) in [5.74, 6) is 2.02. The Morgan fingerprint density at radius 2 is 2.04 bits per heavy atom. The third-order valence-corrected chi connectivity index (χ3v) is 7.43. The third-order valence-electron chi connectivity index (χ3n) is 6.42. The van der Waals surface area contributed by atoms with Crippen LogP contribution in [-0.4, -0.2) is 32.3 Å². The fourth-order valence-corrected chi connectivity index (χ4v) is 5.57. The molecule has 0 N–H and O–H groups in total. The molecule has 2 aliphatic heterocycles. The van der Waals surface area contributed by atoms with E-state index < -0.39 is 5.56 Å². The maximum atomic E-state index is 12.6. The van der Waals surface area contributed by atoms with Crippen LogP contribution in [0.3, 0.4) is 0 Å². The zero-order valence-corrected chi connectivity index (χ0v) is 15.9. The number of aryl methyl sites for hydroxylation is 1. The second-order valence-electron chi connectivity index (χ2n) is 8.15. The molecule has 7 heteroatoms. The smallest absolute Gasteiger partial charge is 0.297 e. The van der Waals surface area contributed by atoms with Gasteiger partial charge in [-0.3, -0.25) is 19.1 Å². The molecule has 0 amide bonds. The summed E-state index contributed by atoms with van der Waals surface area (Å²) in [5, 5.41) is 6.82. The van der Waals surface area contributed by atoms with Gasteiger partial charge in [0.2, 0.25) is 0 Å². The Kier molecular flexibility index (Phi) is 3.90. The van der Waals surface area contributed by atoms with Crippen molar-refractivity contribution in [1.29, 1.82) is 0 Å². The fraction of sp³-hybridized carbons (Fsp3) is 0.632. The lowest BCUT2D eigenvalue weighted by Gasteiger charge is -2.25. The molecule has 1 saturated heterocycles. The quantitative estimate of drug-likeness (QED) is 0.768. The Labute approximate surface area is 156 Å². The molecular weight excluding hydrogens is 348 g/mol. The third kappa shape index (κ3) is 2.60. The molecule has 0 radical (unpaired) electrons. The van der Waals surface area contributed by atoms with Gasteiger partial charge in [-0.05, 0) is 42.7 Å². The van der Waals surface area contributed by atoms with E-state index in [1.165, 1.54) is 21.5 Å². The molecule has 0 unspecified atom stereocenters. The van der Waals surface area contributed by atoms with E-state index in [0.717, 1.165) is 38.3 Å². The number of aromatic nitrogens is 3. The molecular formula is C19H24N4O2S. The first kappa shape index (κ1) is 16.4. The summed E-state index contributed by atoms with van der Waals surface area (Å²) >= 11 is 1.81. The van der Waals surface area contributed by atoms with E-state index in [1.807, 2.05) is 11.3 Å². The minimum Gasteiger partial charge on any atom is -0.297 e. The number of fused-ring (bicyclic) bond motifs is 3. The molecule has 0 bridgehead atoms. The Morgan fingerprint density at radius 3 is 2.73 bits per heavy atom. The summed E-state index contributed by atoms with van der Waals surface area (Å²) in [5.41, 5.74) is 0.548. The van der Waals surface area contributed by atoms with Crippen molar-refractivity contribution >= 4 is 11.3 Å². The molecule has 0 aromatic carbocycles. The van der Waals surface area contributed by atoms with Crippen molar-refractivity contribution in [3.8, 4) is 0 Å². The Bertz CT molecular complexity index is 955. The predicted molar refractivity (Wildman–Crippen MR) is 101 cm³/mol. The summed E-state index contributed by atoms with van der Waals surface area (Å²) in [7, 11) is 0. The first-order valence-electron chi connectivity index (χ1n) is 9.57. The van der Waals surface area contributed by atoms with Crippen molar-refractivity contribution in [2.75, 3.05) is 13.1 Å². The zero-order chi connectivity index (χ0) is 17.8. The lowest BCUT2D eigenvalue weighted by molar-refractivity contribution is 0.256. The minimum atomic E-state index is -0.438. The van der Waals surface area contributed by atoms with Crippen molar-refractivity contribution < 1.29 is 0 Å². The average Bonchev–Trinajstić information content (AvgIpc) is 3.24. The molecule has 26 heavy (non-hydrogen) atoms. The number of rotatable bonds is 4. The zero-order valence-electron chi connectivity index (χ0n) is 15.1. The topological polar surface area (TPSA) is 60.1 Å². The molecule has 4 heterocycles. The van der Waals surface area contributed by atoms with Crippen LogP contribution in [-0.2, 0) is 19.6 Å². The van der Waals surface area contributed by atoms with Crippen molar-refractivity contribution in [2.45, 2.75) is 51.7 Å². The van der Waals surface area contributed by atoms with Gasteiger partial charge in [0.15, 0.2) is 0 Å². The van der Waals surface area contributed by atoms with Crippen LogP contribution in [0.2, 0.25) is 0 Å². The van der Waals surface area contributed by atoms with Gasteiger partial charge in [0.05, 0.1) is 0 Å². The molecule has 2 aromatic heterocycles. The number of thiophene rings is 1. The molecule has 6 nitrogen and oxygen atoms in total. The fourth-order valence-electron chi connectivity index (χ4n) is 4.62. The largest absolute Gasteiger partial charge is 0.332 e. The van der Waals surface area contributed by atoms with Crippen LogP contribution in [0.25, 0.3) is 0 Å². The molecule has 2 aromatic rings. The van der Waals surface area contributed by atoms with Crippen LogP contribution < -0.4 is 11.1 Å². The Morgan fingerprint density at radius 1 is 1.19 bits per heavy atom. The highest BCUT2D eigenvalue weighted by atomic mass is 32.1. The lowest BCUT2D eigenvalue weighted by atomic mass is 9.85. The van der Waals surface area contributed by atoms with Crippen molar-refractivity contribution in [3.05, 3.63) is 48.4 Å². The van der Waals surface area contributed by atoms with E-state index in [1.54, 1.807) is 4.57 Å². The monoisotopic (exact) mass is 372 g/mol. The van der Waals surface area contributed by atoms with Gasteiger partial charge in [-0.2, -0.15) is 5.10 Å². The maximum absolute atomic E-state index is 12.6. The summed E-state index contributed by atoms with van der Waals surface area (Å²) in [4.78, 5) is 28.9. The maximum Gasteiger partial charge on any atom is 0.332 e. The summed E-state index contributed by atoms with van der Waals surface area (Å²) in [6, 6.07) is 2.17. The standard InChI is InChI=1S/C19H24N4O2S/c1-12-5-6-26-16(12)11-21-8-14-9-22-17(15(14)10-21)20-23(19(25)18(22)24)7-13-3-2-4-13/h5-6,13-15H,2-4,7-11H2,1H3/t14-,15-/m0/s1. The van der Waals surface area contributed by atoms with Gasteiger partial charge >= 0.3 is 11.1 Å². The highest BCUT2D eigenvalue weighted by molar-refractivity contribution is 7.10. The molecule has 1 saturated carbocycles. The number of nitrogens with zero attached hydrogens (tertiary/aromatic N) is 4. The van der Waals surface area contributed by atoms with E-state index in [0.29, 0.717) is 24.9 Å². The predicted octanol–water partition coefficient (Wildman–Crippen LogP) is 1.80. The summed E-state index contributed by atoms with van der Waals surface area (Å²) in [6.07, 6.45) is 3.52. The van der Waals surface area contributed by atoms with Crippen LogP contribution in [0.1, 0.15) is 41.4 Å². The first-order valence-corrected chi connectivity index (χ1v) is 10.5. The van der Waals surface area contributed by atoms with Gasteiger partial charge < -0.3 is 0 Å². The second-order valence-corrected chi connectivity index (χ2v) is 9.15. The average molecular weight is 372 g/mol. The van der Waals surface area contributed by atoms with Crippen LogP contribution in [0.4, 0.5) is 0 Å². The van der Waals surface area contributed by atoms with Crippen LogP contribution >= 0.6 is 11.3 Å². The Hall–Kier alpha value is -1.73. The molecule has 5 rings (SSSR count). The molecule has 2 atom stereocenters. The van der Waals surface area contributed by atoms with E-state index in [2.05, 4.69) is 28.4 Å². The molecule has 3 aliphatic rings. The first-order chi connectivity index (χ1) is 12.6. The molecule has 0 spiro atoms. The number of hydrogen-bond donors (Lipinski definition) is 0. The number of hydrogen-bond acceptors (Lipinski definition) is 5. The molecule has 2 fully saturated rings. The van der Waals surface area contributed by atoms with Crippen molar-refractivity contribution in [1.82, 2.24) is 19.2 Å². The van der Waals surface area contributed by atoms with E-state index in [-0.39, 0.29) is 11.5 Å². The normalized spacial score (nSPS) is 25.3. The highest BCUT2D eigenvalue weighted by Gasteiger charge is 2.42. The minimum absolute atomic E-state index is 0.274. The SMILES string of the molecule is Cc1ccsc1CN1C[C@H]2Cn3c(nn(CC4CCC4)c(=O)c3=O)[C@H]2C1. The second kappa shape index (κ2) is 6.16. The van der Waals surface area contributed by atoms with E-state index in [9.17, 15) is 9.59 Å². The summed E-state index contributed by atoms with van der Waals surface area (Å²) in [6.45, 7) is 6.29. The van der Waals surface area contributed by atoms with Gasteiger partial charge in [-0.15, -0.1) is 11.3 Å². The van der Waals surface area contributed by atoms with E-state index >= 15 is 0 Å². The Balaban J connectivity index is 1.40. The van der Waals surface area contributed by atoms with Crippen LogP contribution in [0, 0.1) is 18.8 Å². The summed E-state index contributed by atoms with van der Waals surface area (Å²) < 4.78 is 3.12. The van der Waals surface area contributed by atoms with Gasteiger partial charge in [0, 0.05) is 49.4 Å². The van der Waals surface area contributed by atoms with Gasteiger partial charge in [0.1, 0.15) is 5.82 Å². The van der Waals surface area contributed by atoms with Crippen LogP contribution in [0.15, 0.2) is 21.0 Å².